The van der Waals surface area contributed by atoms with E-state index in [1.807, 2.05) is 6.08 Å². The fraction of sp³-hybridized carbons (Fsp3) is 0.684. The van der Waals surface area contributed by atoms with Gasteiger partial charge in [0.2, 0.25) is 0 Å². The number of rotatable bonds is 0. The zero-order valence-electron chi connectivity index (χ0n) is 12.7. The minimum atomic E-state index is -0.0297. The molecule has 2 heteroatoms. The van der Waals surface area contributed by atoms with Crippen LogP contribution in [0.1, 0.15) is 58.3 Å². The topological polar surface area (TPSA) is 34.1 Å². The molecule has 0 radical (unpaired) electrons. The van der Waals surface area contributed by atoms with E-state index in [1.54, 1.807) is 5.57 Å². The monoisotopic (exact) mass is 282 g/mol. The molecule has 3 fully saturated rings. The Kier molecular flexibility index (Phi) is 2.11. The lowest BCUT2D eigenvalue weighted by Crippen LogP contribution is -2.44. The Morgan fingerprint density at radius 1 is 1.14 bits per heavy atom. The molecule has 0 unspecified atom stereocenters. The molecule has 0 saturated heterocycles. The first kappa shape index (κ1) is 12.4. The fourth-order valence-corrected chi connectivity index (χ4v) is 6.49. The van der Waals surface area contributed by atoms with Gasteiger partial charge >= 0.3 is 0 Å². The highest BCUT2D eigenvalue weighted by Gasteiger charge is 2.76. The van der Waals surface area contributed by atoms with Crippen LogP contribution in [0.2, 0.25) is 0 Å². The van der Waals surface area contributed by atoms with Gasteiger partial charge in [0.25, 0.3) is 0 Å². The van der Waals surface area contributed by atoms with Gasteiger partial charge in [-0.15, -0.1) is 0 Å². The Morgan fingerprint density at radius 3 is 2.86 bits per heavy atom. The molecule has 3 saturated carbocycles. The van der Waals surface area contributed by atoms with E-state index in [-0.39, 0.29) is 5.41 Å². The van der Waals surface area contributed by atoms with Gasteiger partial charge in [0.15, 0.2) is 5.78 Å². The second-order valence-electron chi connectivity index (χ2n) is 8.13. The Balaban J connectivity index is 1.64. The quantitative estimate of drug-likeness (QED) is 0.678. The van der Waals surface area contributed by atoms with Gasteiger partial charge in [0, 0.05) is 18.3 Å². The van der Waals surface area contributed by atoms with Gasteiger partial charge in [0.05, 0.1) is 0 Å². The number of allylic oxidation sites excluding steroid dienone is 4. The van der Waals surface area contributed by atoms with Crippen molar-refractivity contribution in [3.05, 3.63) is 22.8 Å². The first-order chi connectivity index (χ1) is 10.1. The zero-order chi connectivity index (χ0) is 14.4. The molecule has 1 spiro atoms. The van der Waals surface area contributed by atoms with Crippen LogP contribution in [0.15, 0.2) is 22.8 Å². The van der Waals surface area contributed by atoms with E-state index >= 15 is 0 Å². The predicted molar refractivity (Wildman–Crippen MR) is 79.6 cm³/mol. The Bertz CT molecular complexity index is 652. The molecule has 110 valence electrons. The number of carbonyl (C=O) groups is 2. The van der Waals surface area contributed by atoms with Crippen LogP contribution in [0, 0.1) is 22.7 Å². The van der Waals surface area contributed by atoms with E-state index in [4.69, 9.17) is 0 Å². The highest BCUT2D eigenvalue weighted by atomic mass is 16.1. The molecule has 5 aliphatic carbocycles. The molecule has 0 aromatic carbocycles. The summed E-state index contributed by atoms with van der Waals surface area (Å²) in [5.74, 6) is 2.18. The maximum absolute atomic E-state index is 12.5. The third kappa shape index (κ3) is 1.27. The molecule has 0 aliphatic heterocycles. The van der Waals surface area contributed by atoms with E-state index < -0.39 is 0 Å². The highest BCUT2D eigenvalue weighted by molar-refractivity contribution is 5.93. The normalized spacial score (nSPS) is 47.4. The van der Waals surface area contributed by atoms with Crippen molar-refractivity contribution in [3.63, 3.8) is 0 Å². The van der Waals surface area contributed by atoms with Crippen molar-refractivity contribution >= 4 is 11.6 Å². The average Bonchev–Trinajstić information content (AvgIpc) is 3.12. The SMILES string of the molecule is C[C@]12CCC3=C4CCC(=O)C=C4CC[C@H]3[C@]13C[C@@H]3CC2=O. The van der Waals surface area contributed by atoms with Gasteiger partial charge in [-0.05, 0) is 73.0 Å². The van der Waals surface area contributed by atoms with Gasteiger partial charge in [-0.2, -0.15) is 0 Å². The number of hydrogen-bond acceptors (Lipinski definition) is 2. The van der Waals surface area contributed by atoms with Gasteiger partial charge in [-0.1, -0.05) is 12.5 Å². The van der Waals surface area contributed by atoms with Crippen molar-refractivity contribution in [2.75, 3.05) is 0 Å². The summed E-state index contributed by atoms with van der Waals surface area (Å²) in [5.41, 5.74) is 4.79. The molecule has 5 aliphatic rings. The fourth-order valence-electron chi connectivity index (χ4n) is 6.49. The minimum Gasteiger partial charge on any atom is -0.299 e. The van der Waals surface area contributed by atoms with E-state index in [0.29, 0.717) is 35.2 Å². The Hall–Kier alpha value is -1.18. The lowest BCUT2D eigenvalue weighted by Gasteiger charge is -2.48. The molecule has 21 heavy (non-hydrogen) atoms. The van der Waals surface area contributed by atoms with Gasteiger partial charge < -0.3 is 0 Å². The van der Waals surface area contributed by atoms with E-state index in [1.165, 1.54) is 24.0 Å². The lowest BCUT2D eigenvalue weighted by atomic mass is 9.54. The molecular formula is C19H22O2. The van der Waals surface area contributed by atoms with Crippen LogP contribution in [0.25, 0.3) is 0 Å². The summed E-state index contributed by atoms with van der Waals surface area (Å²) >= 11 is 0. The summed E-state index contributed by atoms with van der Waals surface area (Å²) in [6.45, 7) is 2.26. The second kappa shape index (κ2) is 3.59. The van der Waals surface area contributed by atoms with E-state index in [0.717, 1.165) is 32.1 Å². The number of ketones is 2. The molecule has 0 amide bonds. The van der Waals surface area contributed by atoms with Crippen LogP contribution >= 0.6 is 0 Å². The summed E-state index contributed by atoms with van der Waals surface area (Å²) in [7, 11) is 0. The Labute approximate surface area is 125 Å². The maximum atomic E-state index is 12.5. The molecule has 0 aromatic rings. The van der Waals surface area contributed by atoms with Gasteiger partial charge in [-0.3, -0.25) is 9.59 Å². The third-order valence-electron chi connectivity index (χ3n) is 7.60. The smallest absolute Gasteiger partial charge is 0.156 e. The molecule has 5 rings (SSSR count). The summed E-state index contributed by atoms with van der Waals surface area (Å²) < 4.78 is 0. The van der Waals surface area contributed by atoms with Crippen molar-refractivity contribution < 1.29 is 9.59 Å². The predicted octanol–water partition coefficient (Wildman–Crippen LogP) is 3.76. The molecule has 0 N–H and O–H groups in total. The first-order valence-corrected chi connectivity index (χ1v) is 8.55. The van der Waals surface area contributed by atoms with Crippen LogP contribution in [0.5, 0.6) is 0 Å². The number of carbonyl (C=O) groups excluding carboxylic acids is 2. The highest BCUT2D eigenvalue weighted by Crippen LogP contribution is 2.79. The van der Waals surface area contributed by atoms with E-state index in [2.05, 4.69) is 6.92 Å². The third-order valence-corrected chi connectivity index (χ3v) is 7.60. The molecule has 0 heterocycles. The summed E-state index contributed by atoms with van der Waals surface area (Å²) in [6.07, 6.45) is 10.1. The van der Waals surface area contributed by atoms with Gasteiger partial charge in [0.1, 0.15) is 5.78 Å². The van der Waals surface area contributed by atoms with E-state index in [9.17, 15) is 9.59 Å². The number of hydrogen-bond donors (Lipinski definition) is 0. The maximum Gasteiger partial charge on any atom is 0.156 e. The number of Topliss-reactive ketones (excluding diaryl/α,β-unsaturated/α-hetero) is 1. The first-order valence-electron chi connectivity index (χ1n) is 8.55. The molecule has 0 bridgehead atoms. The standard InChI is InChI=1S/C19H22O2/c1-18-7-6-15-14-4-3-13(20)8-11(14)2-5-16(15)19(18)10-12(19)9-17(18)21/h8,12,16H,2-7,9-10H2,1H3/t12-,16+,18+,19+/m0/s1. The van der Waals surface area contributed by atoms with Crippen LogP contribution in [-0.2, 0) is 9.59 Å². The van der Waals surface area contributed by atoms with Crippen molar-refractivity contribution in [1.29, 1.82) is 0 Å². The second-order valence-corrected chi connectivity index (χ2v) is 8.13. The Morgan fingerprint density at radius 2 is 2.00 bits per heavy atom. The van der Waals surface area contributed by atoms with Crippen molar-refractivity contribution in [2.24, 2.45) is 22.7 Å². The van der Waals surface area contributed by atoms with Crippen molar-refractivity contribution in [1.82, 2.24) is 0 Å². The van der Waals surface area contributed by atoms with Crippen molar-refractivity contribution in [2.45, 2.75) is 58.3 Å². The molecule has 0 aromatic heterocycles. The number of fused-ring (bicyclic) bond motifs is 2. The summed E-state index contributed by atoms with van der Waals surface area (Å²) in [4.78, 5) is 24.2. The van der Waals surface area contributed by atoms with Crippen LogP contribution in [0.3, 0.4) is 0 Å². The lowest BCUT2D eigenvalue weighted by molar-refractivity contribution is -0.130. The summed E-state index contributed by atoms with van der Waals surface area (Å²) in [5, 5.41) is 0. The van der Waals surface area contributed by atoms with Crippen molar-refractivity contribution in [3.8, 4) is 0 Å². The minimum absolute atomic E-state index is 0.0297. The van der Waals surface area contributed by atoms with Gasteiger partial charge in [-0.25, -0.2) is 0 Å². The zero-order valence-corrected chi connectivity index (χ0v) is 12.7. The van der Waals surface area contributed by atoms with Crippen LogP contribution in [0.4, 0.5) is 0 Å². The molecule has 2 nitrogen and oxygen atoms in total. The average molecular weight is 282 g/mol. The summed E-state index contributed by atoms with van der Waals surface area (Å²) in [6, 6.07) is 0. The van der Waals surface area contributed by atoms with Crippen LogP contribution < -0.4 is 0 Å². The molecule has 4 atom stereocenters. The largest absolute Gasteiger partial charge is 0.299 e. The molecular weight excluding hydrogens is 260 g/mol. The van der Waals surface area contributed by atoms with Crippen LogP contribution in [-0.4, -0.2) is 11.6 Å².